The highest BCUT2D eigenvalue weighted by atomic mass is 32.2. The molecule has 0 aromatic carbocycles. The summed E-state index contributed by atoms with van der Waals surface area (Å²) < 4.78 is 12.2. The Kier molecular flexibility index (Phi) is 26.1. The van der Waals surface area contributed by atoms with Gasteiger partial charge >= 0.3 is 0 Å². The number of nitrogens with zero attached hydrogens (tertiary/aromatic N) is 1. The van der Waals surface area contributed by atoms with Crippen LogP contribution in [0.2, 0.25) is 0 Å². The van der Waals surface area contributed by atoms with Crippen LogP contribution in [-0.4, -0.2) is 28.4 Å². The van der Waals surface area contributed by atoms with Crippen LogP contribution in [0, 0.1) is 0 Å². The van der Waals surface area contributed by atoms with Gasteiger partial charge in [-0.1, -0.05) is 34.6 Å². The van der Waals surface area contributed by atoms with Gasteiger partial charge in [0.1, 0.15) is 0 Å². The van der Waals surface area contributed by atoms with Gasteiger partial charge in [0.25, 0.3) is 0 Å². The van der Waals surface area contributed by atoms with E-state index >= 15 is 0 Å². The first-order valence-corrected chi connectivity index (χ1v) is 5.74. The summed E-state index contributed by atoms with van der Waals surface area (Å²) in [5.41, 5.74) is 0. The van der Waals surface area contributed by atoms with Crippen molar-refractivity contribution in [2.45, 2.75) is 34.6 Å². The molecule has 0 heterocycles. The van der Waals surface area contributed by atoms with Gasteiger partial charge in [-0.3, -0.25) is 0 Å². The summed E-state index contributed by atoms with van der Waals surface area (Å²) in [6.07, 6.45) is 1.67. The topological polar surface area (TPSA) is 20.3 Å². The third kappa shape index (κ3) is 17.8. The molecule has 0 aliphatic heterocycles. The monoisotopic (exact) mass is 181 g/mol. The van der Waals surface area contributed by atoms with Crippen molar-refractivity contribution in [1.29, 1.82) is 0 Å². The first-order valence-electron chi connectivity index (χ1n) is 4.23. The minimum atomic E-state index is -0.777. The van der Waals surface area contributed by atoms with E-state index in [0.29, 0.717) is 0 Å². The molecular formula is C8H23NOS. The number of hydrogen-bond acceptors (Lipinski definition) is 1. The molecule has 0 fully saturated rings. The molecule has 3 heteroatoms. The fraction of sp³-hybridized carbons (Fsp3) is 1.00. The molecule has 1 unspecified atom stereocenters. The molecule has 0 amide bonds. The zero-order valence-electron chi connectivity index (χ0n) is 8.97. The van der Waals surface area contributed by atoms with Crippen LogP contribution in [0.3, 0.4) is 0 Å². The lowest BCUT2D eigenvalue weighted by Gasteiger charge is -2.06. The highest BCUT2D eigenvalue weighted by Crippen LogP contribution is 1.81. The molecule has 0 rings (SSSR count). The first kappa shape index (κ1) is 17.3. The molecule has 0 aromatic heterocycles. The Labute approximate surface area is 74.6 Å². The maximum atomic E-state index is 10.4. The van der Waals surface area contributed by atoms with Crippen molar-refractivity contribution in [3.8, 4) is 0 Å². The third-order valence-electron chi connectivity index (χ3n) is 0.884. The fourth-order valence-electron chi connectivity index (χ4n) is 0.182. The standard InChI is InChI=1S/C4H11NOS.2C2H6/c1-4-5(2)7(3)6;2*1-2/h4H2,1-3H3;2*1-2H3. The van der Waals surface area contributed by atoms with E-state index in [-0.39, 0.29) is 0 Å². The van der Waals surface area contributed by atoms with Crippen molar-refractivity contribution in [2.24, 2.45) is 0 Å². The zero-order chi connectivity index (χ0) is 9.86. The van der Waals surface area contributed by atoms with E-state index in [1.165, 1.54) is 0 Å². The van der Waals surface area contributed by atoms with E-state index in [1.807, 2.05) is 41.7 Å². The third-order valence-corrected chi connectivity index (χ3v) is 2.02. The maximum absolute atomic E-state index is 10.4. The van der Waals surface area contributed by atoms with Crippen molar-refractivity contribution < 1.29 is 4.21 Å². The average molecular weight is 181 g/mol. The molecular weight excluding hydrogens is 158 g/mol. The Morgan fingerprint density at radius 1 is 1.18 bits per heavy atom. The van der Waals surface area contributed by atoms with Gasteiger partial charge in [-0.25, -0.2) is 8.51 Å². The number of rotatable bonds is 2. The average Bonchev–Trinajstić information content (AvgIpc) is 2.10. The summed E-state index contributed by atoms with van der Waals surface area (Å²) in [6, 6.07) is 0. The van der Waals surface area contributed by atoms with E-state index in [1.54, 1.807) is 10.6 Å². The van der Waals surface area contributed by atoms with Gasteiger partial charge in [-0.2, -0.15) is 0 Å². The molecule has 72 valence electrons. The molecule has 0 N–H and O–H groups in total. The molecule has 0 spiro atoms. The van der Waals surface area contributed by atoms with Crippen LogP contribution in [0.15, 0.2) is 0 Å². The van der Waals surface area contributed by atoms with Crippen LogP contribution in [0.4, 0.5) is 0 Å². The summed E-state index contributed by atoms with van der Waals surface area (Å²) >= 11 is 0. The van der Waals surface area contributed by atoms with Gasteiger partial charge in [0.2, 0.25) is 0 Å². The minimum absolute atomic E-state index is 0.777. The van der Waals surface area contributed by atoms with Gasteiger partial charge in [0.05, 0.1) is 11.0 Å². The van der Waals surface area contributed by atoms with Gasteiger partial charge in [-0.05, 0) is 7.05 Å². The lowest BCUT2D eigenvalue weighted by Crippen LogP contribution is -2.18. The van der Waals surface area contributed by atoms with Gasteiger partial charge in [-0.15, -0.1) is 0 Å². The molecule has 1 atom stereocenters. The van der Waals surface area contributed by atoms with Crippen molar-refractivity contribution in [1.82, 2.24) is 4.31 Å². The summed E-state index contributed by atoms with van der Waals surface area (Å²) in [5, 5.41) is 0. The largest absolute Gasteiger partial charge is 0.243 e. The maximum Gasteiger partial charge on any atom is 0.0907 e. The second-order valence-corrected chi connectivity index (χ2v) is 2.84. The molecule has 0 bridgehead atoms. The molecule has 0 aromatic rings. The molecule has 0 saturated carbocycles. The summed E-state index contributed by atoms with van der Waals surface area (Å²) in [6.45, 7) is 10.8. The van der Waals surface area contributed by atoms with Crippen LogP contribution >= 0.6 is 0 Å². The smallest absolute Gasteiger partial charge is 0.0907 e. The Morgan fingerprint density at radius 2 is 1.45 bits per heavy atom. The van der Waals surface area contributed by atoms with Crippen molar-refractivity contribution in [3.63, 3.8) is 0 Å². The SMILES string of the molecule is CC.CC.CCN(C)S(C)=O. The highest BCUT2D eigenvalue weighted by molar-refractivity contribution is 7.81. The second-order valence-electron chi connectivity index (χ2n) is 1.37. The molecule has 0 aliphatic rings. The highest BCUT2D eigenvalue weighted by Gasteiger charge is 1.93. The van der Waals surface area contributed by atoms with Crippen LogP contribution < -0.4 is 0 Å². The normalized spacial score (nSPS) is 10.5. The van der Waals surface area contributed by atoms with Gasteiger partial charge in [0, 0.05) is 12.8 Å². The zero-order valence-corrected chi connectivity index (χ0v) is 9.79. The summed E-state index contributed by atoms with van der Waals surface area (Å²) in [5.74, 6) is 0. The predicted octanol–water partition coefficient (Wildman–Crippen LogP) is 2.28. The van der Waals surface area contributed by atoms with Crippen LogP contribution in [0.25, 0.3) is 0 Å². The first-order chi connectivity index (χ1) is 5.18. The molecule has 0 aliphatic carbocycles. The Balaban J connectivity index is -0.000000138. The second kappa shape index (κ2) is 16.6. The van der Waals surface area contributed by atoms with E-state index in [0.717, 1.165) is 6.54 Å². The Morgan fingerprint density at radius 3 is 1.45 bits per heavy atom. The van der Waals surface area contributed by atoms with Crippen molar-refractivity contribution in [3.05, 3.63) is 0 Å². The van der Waals surface area contributed by atoms with Crippen LogP contribution in [-0.2, 0) is 11.0 Å². The van der Waals surface area contributed by atoms with E-state index in [4.69, 9.17) is 0 Å². The van der Waals surface area contributed by atoms with E-state index < -0.39 is 11.0 Å². The predicted molar refractivity (Wildman–Crippen MR) is 55.1 cm³/mol. The van der Waals surface area contributed by atoms with Gasteiger partial charge < -0.3 is 0 Å². The van der Waals surface area contributed by atoms with Crippen LogP contribution in [0.1, 0.15) is 34.6 Å². The molecule has 2 nitrogen and oxygen atoms in total. The lowest BCUT2D eigenvalue weighted by atomic mass is 10.8. The fourth-order valence-corrected chi connectivity index (χ4v) is 0.545. The summed E-state index contributed by atoms with van der Waals surface area (Å²) in [4.78, 5) is 0. The Hall–Kier alpha value is 0.110. The number of hydrogen-bond donors (Lipinski definition) is 0. The van der Waals surface area contributed by atoms with Crippen molar-refractivity contribution in [2.75, 3.05) is 19.8 Å². The van der Waals surface area contributed by atoms with E-state index in [9.17, 15) is 4.21 Å². The lowest BCUT2D eigenvalue weighted by molar-refractivity contribution is 0.552. The molecule has 11 heavy (non-hydrogen) atoms. The molecule has 0 saturated heterocycles. The van der Waals surface area contributed by atoms with Crippen LogP contribution in [0.5, 0.6) is 0 Å². The van der Waals surface area contributed by atoms with Gasteiger partial charge in [0.15, 0.2) is 0 Å². The van der Waals surface area contributed by atoms with Crippen molar-refractivity contribution >= 4 is 11.0 Å². The minimum Gasteiger partial charge on any atom is -0.243 e. The molecule has 0 radical (unpaired) electrons. The summed E-state index contributed by atoms with van der Waals surface area (Å²) in [7, 11) is 1.05. The van der Waals surface area contributed by atoms with E-state index in [2.05, 4.69) is 0 Å². The quantitative estimate of drug-likeness (QED) is 0.640. The Bertz CT molecular complexity index is 76.5.